The molecular formula is C6H9N3O4S2. The lowest BCUT2D eigenvalue weighted by Gasteiger charge is -2.02. The van der Waals surface area contributed by atoms with Gasteiger partial charge in [-0.15, -0.1) is 5.10 Å². The van der Waals surface area contributed by atoms with Crippen molar-refractivity contribution in [1.29, 1.82) is 0 Å². The van der Waals surface area contributed by atoms with Gasteiger partial charge < -0.3 is 5.11 Å². The normalized spacial score (nSPS) is 11.2. The molecule has 2 N–H and O–H groups in total. The van der Waals surface area contributed by atoms with Crippen molar-refractivity contribution in [2.24, 2.45) is 0 Å². The zero-order chi connectivity index (χ0) is 11.3. The van der Waals surface area contributed by atoms with Gasteiger partial charge in [0.25, 0.3) is 0 Å². The lowest BCUT2D eigenvalue weighted by molar-refractivity contribution is -0.137. The average molecular weight is 251 g/mol. The van der Waals surface area contributed by atoms with E-state index in [-0.39, 0.29) is 18.6 Å². The maximum atomic E-state index is 11.3. The molecule has 0 aliphatic rings. The van der Waals surface area contributed by atoms with Crippen LogP contribution in [0.4, 0.5) is 5.00 Å². The first kappa shape index (κ1) is 11.9. The lowest BCUT2D eigenvalue weighted by atomic mass is 10.3. The van der Waals surface area contributed by atoms with Gasteiger partial charge in [-0.3, -0.25) is 9.52 Å². The van der Waals surface area contributed by atoms with Crippen LogP contribution >= 0.6 is 11.5 Å². The zero-order valence-corrected chi connectivity index (χ0v) is 9.21. The number of nitrogens with zero attached hydrogens (tertiary/aromatic N) is 2. The van der Waals surface area contributed by atoms with Gasteiger partial charge >= 0.3 is 5.97 Å². The van der Waals surface area contributed by atoms with E-state index >= 15 is 0 Å². The molecule has 0 amide bonds. The largest absolute Gasteiger partial charge is 0.481 e. The molecule has 1 aromatic rings. The fourth-order valence-corrected chi connectivity index (χ4v) is 2.62. The molecule has 0 bridgehead atoms. The molecule has 0 aliphatic carbocycles. The third-order valence-corrected chi connectivity index (χ3v) is 3.49. The van der Waals surface area contributed by atoms with E-state index in [2.05, 4.69) is 14.3 Å². The average Bonchev–Trinajstić information content (AvgIpc) is 2.54. The number of carboxylic acids is 1. The van der Waals surface area contributed by atoms with E-state index in [1.807, 2.05) is 0 Å². The monoisotopic (exact) mass is 251 g/mol. The Kier molecular flexibility index (Phi) is 3.97. The van der Waals surface area contributed by atoms with E-state index in [1.54, 1.807) is 0 Å². The van der Waals surface area contributed by atoms with E-state index in [9.17, 15) is 13.2 Å². The van der Waals surface area contributed by atoms with E-state index < -0.39 is 16.0 Å². The molecule has 9 heteroatoms. The Bertz CT molecular complexity index is 414. The van der Waals surface area contributed by atoms with Crippen LogP contribution in [0, 0.1) is 0 Å². The molecule has 0 aliphatic heterocycles. The summed E-state index contributed by atoms with van der Waals surface area (Å²) in [5.74, 6) is -1.23. The summed E-state index contributed by atoms with van der Waals surface area (Å²) in [4.78, 5) is 10.2. The highest BCUT2D eigenvalue weighted by Crippen LogP contribution is 2.12. The summed E-state index contributed by atoms with van der Waals surface area (Å²) in [6.07, 6.45) is 1.21. The lowest BCUT2D eigenvalue weighted by Crippen LogP contribution is -2.16. The quantitative estimate of drug-likeness (QED) is 0.744. The van der Waals surface area contributed by atoms with Crippen LogP contribution in [0.2, 0.25) is 0 Å². The molecule has 15 heavy (non-hydrogen) atoms. The number of aromatic nitrogens is 2. The van der Waals surface area contributed by atoms with Crippen molar-refractivity contribution in [2.45, 2.75) is 12.8 Å². The number of hydrogen-bond acceptors (Lipinski definition) is 6. The Morgan fingerprint density at radius 2 is 2.33 bits per heavy atom. The predicted octanol–water partition coefficient (Wildman–Crippen LogP) is 0.145. The Morgan fingerprint density at radius 1 is 1.60 bits per heavy atom. The highest BCUT2D eigenvalue weighted by Gasteiger charge is 2.12. The van der Waals surface area contributed by atoms with Gasteiger partial charge in [0.15, 0.2) is 0 Å². The number of hydrogen-bond donors (Lipinski definition) is 2. The van der Waals surface area contributed by atoms with Crippen molar-refractivity contribution in [1.82, 2.24) is 9.59 Å². The number of aliphatic carboxylic acids is 1. The van der Waals surface area contributed by atoms with Gasteiger partial charge in [0.05, 0.1) is 11.9 Å². The first-order valence-electron chi connectivity index (χ1n) is 3.99. The van der Waals surface area contributed by atoms with Gasteiger partial charge in [0.2, 0.25) is 10.0 Å². The standard InChI is InChI=1S/C6H9N3O4S2/c10-6(11)2-1-3-15(12,13)8-5-4-7-9-14-5/h4,8H,1-3H2,(H,10,11). The highest BCUT2D eigenvalue weighted by molar-refractivity contribution is 7.92. The molecule has 0 saturated carbocycles. The SMILES string of the molecule is O=C(O)CCCS(=O)(=O)Nc1cnns1. The Morgan fingerprint density at radius 3 is 2.87 bits per heavy atom. The maximum Gasteiger partial charge on any atom is 0.303 e. The number of anilines is 1. The molecule has 0 saturated heterocycles. The molecule has 1 heterocycles. The molecule has 0 radical (unpaired) electrons. The fourth-order valence-electron chi connectivity index (χ4n) is 0.830. The topological polar surface area (TPSA) is 109 Å². The number of sulfonamides is 1. The van der Waals surface area contributed by atoms with E-state index in [4.69, 9.17) is 5.11 Å². The second-order valence-corrected chi connectivity index (χ2v) is 5.33. The molecule has 7 nitrogen and oxygen atoms in total. The molecule has 1 aromatic heterocycles. The van der Waals surface area contributed by atoms with Gasteiger partial charge in [-0.05, 0) is 6.42 Å². The smallest absolute Gasteiger partial charge is 0.303 e. The predicted molar refractivity (Wildman–Crippen MR) is 54.2 cm³/mol. The molecule has 1 rings (SSSR count). The van der Waals surface area contributed by atoms with Crippen molar-refractivity contribution in [3.8, 4) is 0 Å². The molecule has 0 unspecified atom stereocenters. The fraction of sp³-hybridized carbons (Fsp3) is 0.500. The van der Waals surface area contributed by atoms with Crippen LogP contribution in [0.3, 0.4) is 0 Å². The van der Waals surface area contributed by atoms with Crippen molar-refractivity contribution in [2.75, 3.05) is 10.5 Å². The van der Waals surface area contributed by atoms with Crippen LogP contribution in [-0.4, -0.2) is 34.8 Å². The van der Waals surface area contributed by atoms with Crippen LogP contribution in [0.15, 0.2) is 6.20 Å². The number of carboxylic acid groups (broad SMARTS) is 1. The first-order chi connectivity index (χ1) is 6.99. The molecule has 0 atom stereocenters. The molecule has 0 spiro atoms. The first-order valence-corrected chi connectivity index (χ1v) is 6.42. The third kappa shape index (κ3) is 4.70. The summed E-state index contributed by atoms with van der Waals surface area (Å²) in [5, 5.41) is 12.1. The summed E-state index contributed by atoms with van der Waals surface area (Å²) in [7, 11) is -3.48. The Balaban J connectivity index is 2.43. The Hall–Kier alpha value is -1.22. The molecular weight excluding hydrogens is 242 g/mol. The summed E-state index contributed by atoms with van der Waals surface area (Å²) >= 11 is 0.922. The minimum atomic E-state index is -3.48. The Labute approximate surface area is 90.3 Å². The zero-order valence-electron chi connectivity index (χ0n) is 7.58. The molecule has 84 valence electrons. The second kappa shape index (κ2) is 5.03. The molecule has 0 aromatic carbocycles. The van der Waals surface area contributed by atoms with Crippen LogP contribution < -0.4 is 4.72 Å². The van der Waals surface area contributed by atoms with Crippen molar-refractivity contribution < 1.29 is 18.3 Å². The summed E-state index contributed by atoms with van der Waals surface area (Å²) < 4.78 is 28.4. The maximum absolute atomic E-state index is 11.3. The summed E-state index contributed by atoms with van der Waals surface area (Å²) in [6, 6.07) is 0. The van der Waals surface area contributed by atoms with Crippen molar-refractivity contribution >= 4 is 32.5 Å². The van der Waals surface area contributed by atoms with E-state index in [0.717, 1.165) is 11.5 Å². The van der Waals surface area contributed by atoms with Gasteiger partial charge in [-0.2, -0.15) is 0 Å². The van der Waals surface area contributed by atoms with Gasteiger partial charge in [0, 0.05) is 18.0 Å². The van der Waals surface area contributed by atoms with E-state index in [0.29, 0.717) is 5.00 Å². The van der Waals surface area contributed by atoms with Crippen LogP contribution in [0.1, 0.15) is 12.8 Å². The van der Waals surface area contributed by atoms with Gasteiger partial charge in [-0.25, -0.2) is 8.42 Å². The van der Waals surface area contributed by atoms with E-state index in [1.165, 1.54) is 6.20 Å². The van der Waals surface area contributed by atoms with Gasteiger partial charge in [0.1, 0.15) is 5.00 Å². The second-order valence-electron chi connectivity index (χ2n) is 2.70. The summed E-state index contributed by atoms with van der Waals surface area (Å²) in [5.41, 5.74) is 0. The van der Waals surface area contributed by atoms with Gasteiger partial charge in [-0.1, -0.05) is 4.49 Å². The number of carbonyl (C=O) groups is 1. The van der Waals surface area contributed by atoms with Crippen LogP contribution in [-0.2, 0) is 14.8 Å². The van der Waals surface area contributed by atoms with Crippen molar-refractivity contribution in [3.05, 3.63) is 6.20 Å². The number of nitrogens with one attached hydrogen (secondary N) is 1. The minimum absolute atomic E-state index is 0.0803. The van der Waals surface area contributed by atoms with Crippen LogP contribution in [0.5, 0.6) is 0 Å². The van der Waals surface area contributed by atoms with Crippen molar-refractivity contribution in [3.63, 3.8) is 0 Å². The highest BCUT2D eigenvalue weighted by atomic mass is 32.2. The summed E-state index contributed by atoms with van der Waals surface area (Å²) in [6.45, 7) is 0. The minimum Gasteiger partial charge on any atom is -0.481 e. The van der Waals surface area contributed by atoms with Crippen LogP contribution in [0.25, 0.3) is 0 Å². The number of rotatable bonds is 6. The molecule has 0 fully saturated rings. The third-order valence-electron chi connectivity index (χ3n) is 1.42.